The minimum atomic E-state index is -0.525. The molecule has 1 rings (SSSR count). The summed E-state index contributed by atoms with van der Waals surface area (Å²) < 4.78 is 10.1. The number of hydrogen-bond acceptors (Lipinski definition) is 5. The Labute approximate surface area is 142 Å². The number of ether oxygens (including phenoxy) is 2. The van der Waals surface area contributed by atoms with E-state index in [-0.39, 0.29) is 6.61 Å². The lowest BCUT2D eigenvalue weighted by Crippen LogP contribution is -2.32. The number of hydrogen-bond donors (Lipinski definition) is 2. The van der Waals surface area contributed by atoms with Crippen LogP contribution in [0.3, 0.4) is 0 Å². The van der Waals surface area contributed by atoms with E-state index in [1.54, 1.807) is 45.9 Å². The van der Waals surface area contributed by atoms with Crippen LogP contribution >= 0.6 is 0 Å². The lowest BCUT2D eigenvalue weighted by atomic mass is 10.1. The molecule has 0 atom stereocenters. The van der Waals surface area contributed by atoms with Crippen molar-refractivity contribution in [3.05, 3.63) is 29.3 Å². The lowest BCUT2D eigenvalue weighted by Gasteiger charge is -2.19. The molecule has 0 aliphatic heterocycles. The van der Waals surface area contributed by atoms with E-state index in [2.05, 4.69) is 17.2 Å². The Kier molecular flexibility index (Phi) is 7.12. The van der Waals surface area contributed by atoms with E-state index in [4.69, 9.17) is 15.2 Å². The Morgan fingerprint density at radius 3 is 2.62 bits per heavy atom. The normalized spacial score (nSPS) is 10.3. The third-order valence-corrected chi connectivity index (χ3v) is 2.70. The maximum atomic E-state index is 11.8. The van der Waals surface area contributed by atoms with E-state index in [1.165, 1.54) is 0 Å². The Morgan fingerprint density at radius 1 is 1.29 bits per heavy atom. The van der Waals surface area contributed by atoms with Crippen molar-refractivity contribution in [2.45, 2.75) is 39.7 Å². The number of carbonyl (C=O) groups is 2. The first-order valence-corrected chi connectivity index (χ1v) is 7.75. The number of carbonyl (C=O) groups excluding carboxylic acids is 2. The van der Waals surface area contributed by atoms with Gasteiger partial charge in [0.05, 0.1) is 12.2 Å². The van der Waals surface area contributed by atoms with E-state index in [1.807, 2.05) is 0 Å². The van der Waals surface area contributed by atoms with Gasteiger partial charge in [-0.15, -0.1) is 0 Å². The predicted octanol–water partition coefficient (Wildman–Crippen LogP) is 2.71. The minimum absolute atomic E-state index is 0.282. The third kappa shape index (κ3) is 7.05. The molecule has 1 aromatic carbocycles. The van der Waals surface area contributed by atoms with Gasteiger partial charge in [0.1, 0.15) is 5.60 Å². The van der Waals surface area contributed by atoms with E-state index < -0.39 is 17.7 Å². The molecule has 0 bridgehead atoms. The lowest BCUT2D eigenvalue weighted by molar-refractivity contribution is 0.0517. The van der Waals surface area contributed by atoms with Gasteiger partial charge in [-0.25, -0.2) is 9.59 Å². The summed E-state index contributed by atoms with van der Waals surface area (Å²) >= 11 is 0. The summed E-state index contributed by atoms with van der Waals surface area (Å²) in [6, 6.07) is 4.95. The Hall–Kier alpha value is -2.68. The van der Waals surface area contributed by atoms with E-state index in [0.717, 1.165) is 0 Å². The molecular formula is C18H24N2O4. The van der Waals surface area contributed by atoms with Crippen LogP contribution in [0.1, 0.15) is 50.0 Å². The maximum Gasteiger partial charge on any atom is 0.407 e. The zero-order valence-electron chi connectivity index (χ0n) is 14.6. The molecule has 1 aromatic rings. The third-order valence-electron chi connectivity index (χ3n) is 2.70. The molecule has 0 heterocycles. The number of nitrogens with one attached hydrogen (secondary N) is 1. The van der Waals surface area contributed by atoms with Gasteiger partial charge in [0.2, 0.25) is 0 Å². The second kappa shape index (κ2) is 8.82. The second-order valence-corrected chi connectivity index (χ2v) is 6.00. The van der Waals surface area contributed by atoms with Crippen LogP contribution in [-0.2, 0) is 9.47 Å². The van der Waals surface area contributed by atoms with E-state index in [0.29, 0.717) is 29.8 Å². The summed E-state index contributed by atoms with van der Waals surface area (Å²) in [5, 5.41) is 2.62. The molecule has 0 saturated heterocycles. The van der Waals surface area contributed by atoms with E-state index in [9.17, 15) is 9.59 Å². The number of alkyl carbamates (subject to hydrolysis) is 1. The van der Waals surface area contributed by atoms with Crippen LogP contribution in [0.2, 0.25) is 0 Å². The fourth-order valence-electron chi connectivity index (χ4n) is 1.73. The predicted molar refractivity (Wildman–Crippen MR) is 92.5 cm³/mol. The second-order valence-electron chi connectivity index (χ2n) is 6.00. The van der Waals surface area contributed by atoms with Crippen LogP contribution in [0.15, 0.2) is 18.2 Å². The fourth-order valence-corrected chi connectivity index (χ4v) is 1.73. The molecule has 1 amide bonds. The highest BCUT2D eigenvalue weighted by Crippen LogP contribution is 2.15. The zero-order chi connectivity index (χ0) is 18.2. The number of benzene rings is 1. The first-order valence-electron chi connectivity index (χ1n) is 7.75. The number of anilines is 1. The first kappa shape index (κ1) is 19.4. The van der Waals surface area contributed by atoms with Crippen molar-refractivity contribution in [2.24, 2.45) is 0 Å². The number of amides is 1. The van der Waals surface area contributed by atoms with Crippen molar-refractivity contribution in [3.8, 4) is 11.8 Å². The molecular weight excluding hydrogens is 308 g/mol. The summed E-state index contributed by atoms with van der Waals surface area (Å²) in [6.07, 6.45) is -0.0142. The maximum absolute atomic E-state index is 11.8. The molecule has 0 aliphatic rings. The standard InChI is InChI=1S/C18H24N2O4/c1-5-23-16(21)14-12-13(9-10-15(14)19)8-6-7-11-20-17(22)24-18(2,3)4/h9-10,12H,5,7,11,19H2,1-4H3,(H,20,22). The highest BCUT2D eigenvalue weighted by molar-refractivity contribution is 5.95. The molecule has 0 aliphatic carbocycles. The summed E-state index contributed by atoms with van der Waals surface area (Å²) in [5.41, 5.74) is 6.56. The zero-order valence-corrected chi connectivity index (χ0v) is 14.6. The van der Waals surface area contributed by atoms with Crippen molar-refractivity contribution < 1.29 is 19.1 Å². The highest BCUT2D eigenvalue weighted by atomic mass is 16.6. The van der Waals surface area contributed by atoms with Gasteiger partial charge in [0.15, 0.2) is 0 Å². The number of esters is 1. The van der Waals surface area contributed by atoms with Crippen LogP contribution in [-0.4, -0.2) is 30.8 Å². The molecule has 24 heavy (non-hydrogen) atoms. The van der Waals surface area contributed by atoms with Crippen LogP contribution < -0.4 is 11.1 Å². The van der Waals surface area contributed by atoms with Gasteiger partial charge in [0, 0.05) is 24.2 Å². The smallest absolute Gasteiger partial charge is 0.407 e. The van der Waals surface area contributed by atoms with Crippen LogP contribution in [0.4, 0.5) is 10.5 Å². The largest absolute Gasteiger partial charge is 0.462 e. The van der Waals surface area contributed by atoms with Crippen molar-refractivity contribution >= 4 is 17.7 Å². The van der Waals surface area contributed by atoms with Gasteiger partial charge in [-0.1, -0.05) is 11.8 Å². The molecule has 0 saturated carbocycles. The molecule has 0 radical (unpaired) electrons. The van der Waals surface area contributed by atoms with Gasteiger partial charge >= 0.3 is 12.1 Å². The Balaban J connectivity index is 2.56. The van der Waals surface area contributed by atoms with Crippen LogP contribution in [0.25, 0.3) is 0 Å². The number of nitrogens with two attached hydrogens (primary N) is 1. The monoisotopic (exact) mass is 332 g/mol. The van der Waals surface area contributed by atoms with Gasteiger partial charge in [0.25, 0.3) is 0 Å². The SMILES string of the molecule is CCOC(=O)c1cc(C#CCCNC(=O)OC(C)(C)C)ccc1N. The Bertz CT molecular complexity index is 651. The quantitative estimate of drug-likeness (QED) is 0.383. The molecule has 3 N–H and O–H groups in total. The Morgan fingerprint density at radius 2 is 2.00 bits per heavy atom. The van der Waals surface area contributed by atoms with Crippen molar-refractivity contribution in [2.75, 3.05) is 18.9 Å². The van der Waals surface area contributed by atoms with Crippen LogP contribution in [0.5, 0.6) is 0 Å². The average molecular weight is 332 g/mol. The summed E-state index contributed by atoms with van der Waals surface area (Å²) in [5.74, 6) is 5.38. The topological polar surface area (TPSA) is 90.6 Å². The van der Waals surface area contributed by atoms with Crippen molar-refractivity contribution in [1.82, 2.24) is 5.32 Å². The highest BCUT2D eigenvalue weighted by Gasteiger charge is 2.15. The summed E-state index contributed by atoms with van der Waals surface area (Å²) in [4.78, 5) is 23.2. The molecule has 0 fully saturated rings. The first-order chi connectivity index (χ1) is 11.2. The summed E-state index contributed by atoms with van der Waals surface area (Å²) in [7, 11) is 0. The molecule has 6 nitrogen and oxygen atoms in total. The molecule has 0 aromatic heterocycles. The fraction of sp³-hybridized carbons (Fsp3) is 0.444. The molecule has 0 spiro atoms. The number of rotatable bonds is 4. The van der Waals surface area contributed by atoms with Gasteiger partial charge < -0.3 is 20.5 Å². The molecule has 0 unspecified atom stereocenters. The van der Waals surface area contributed by atoms with Gasteiger partial charge in [-0.3, -0.25) is 0 Å². The summed E-state index contributed by atoms with van der Waals surface area (Å²) in [6.45, 7) is 7.79. The average Bonchev–Trinajstić information content (AvgIpc) is 2.46. The minimum Gasteiger partial charge on any atom is -0.462 e. The molecule has 130 valence electrons. The van der Waals surface area contributed by atoms with Crippen molar-refractivity contribution in [1.29, 1.82) is 0 Å². The van der Waals surface area contributed by atoms with Gasteiger partial charge in [-0.05, 0) is 45.9 Å². The van der Waals surface area contributed by atoms with Gasteiger partial charge in [-0.2, -0.15) is 0 Å². The van der Waals surface area contributed by atoms with Crippen molar-refractivity contribution in [3.63, 3.8) is 0 Å². The van der Waals surface area contributed by atoms with E-state index >= 15 is 0 Å². The van der Waals surface area contributed by atoms with Crippen LogP contribution in [0, 0.1) is 11.8 Å². The number of nitrogen functional groups attached to an aromatic ring is 1. The molecule has 6 heteroatoms.